The standard InChI is InChI=1S/C24H25N4O.C15H19NO3.C10H12N3.FHS.H2S.2Y/c1-18-7-9-20(10-8-18)15-26-13-11-22-21(17-26)23(29)28(24-25-12-14-27(22)24)16-19-5-3-2-4-6-19;1-11-3-5-12(6-4-11)9-16-8-7-14(17)13(10-16)15(18)19-2;1-2-4-9(5-3-1)8-13-10-11-6-7-12-10;1-2;;;/h3-10H,11-17H2,1H3;3-6,13H,7-10H2,1-2H3;2-5H,6-8H2,(H2,11,12,13);2H;1H2;;/q-1;;-1;;;;/i/hD2. The summed E-state index contributed by atoms with van der Waals surface area (Å²) in [5.74, 6) is 0.801. The average Bonchev–Trinajstić information content (AvgIpc) is 4.07. The Morgan fingerprint density at radius 2 is 1.38 bits per heavy atom. The number of guanidine groups is 2. The van der Waals surface area contributed by atoms with Crippen molar-refractivity contribution in [1.82, 2.24) is 30.2 Å². The van der Waals surface area contributed by atoms with Gasteiger partial charge in [-0.1, -0.05) is 59.7 Å². The van der Waals surface area contributed by atoms with Crippen molar-refractivity contribution < 1.29 is 88.4 Å². The Hall–Kier alpha value is -3.27. The van der Waals surface area contributed by atoms with Gasteiger partial charge in [-0.3, -0.25) is 39.1 Å². The van der Waals surface area contributed by atoms with Crippen LogP contribution in [0, 0.1) is 31.9 Å². The second-order valence-electron chi connectivity index (χ2n) is 15.9. The zero-order chi connectivity index (χ0) is 47.3. The van der Waals surface area contributed by atoms with Crippen LogP contribution in [0.4, 0.5) is 3.89 Å². The number of carbonyl (C=O) groups excluding carboxylic acids is 3. The summed E-state index contributed by atoms with van der Waals surface area (Å²) < 4.78 is 25.5. The Labute approximate surface area is 454 Å². The number of ketones is 1. The molecule has 4 aromatic carbocycles. The van der Waals surface area contributed by atoms with Crippen molar-refractivity contribution in [3.8, 4) is 0 Å². The number of amides is 1. The molecule has 0 saturated carbocycles. The molecule has 346 valence electrons. The predicted octanol–water partition coefficient (Wildman–Crippen LogP) is 5.97. The number of piperidine rings is 1. The van der Waals surface area contributed by atoms with Crippen LogP contribution in [0.2, 0.25) is 0 Å². The van der Waals surface area contributed by atoms with Crippen molar-refractivity contribution in [2.24, 2.45) is 15.9 Å². The van der Waals surface area contributed by atoms with Crippen LogP contribution in [0.1, 0.15) is 46.2 Å². The number of esters is 1. The summed E-state index contributed by atoms with van der Waals surface area (Å²) in [4.78, 5) is 54.3. The zero-order valence-corrected chi connectivity index (χ0v) is 45.3. The number of likely N-dealkylation sites (tertiary alicyclic amines) is 1. The molecule has 5 heterocycles. The van der Waals surface area contributed by atoms with Crippen molar-refractivity contribution >= 4 is 55.9 Å². The molecule has 1 unspecified atom stereocenters. The minimum absolute atomic E-state index is 0. The number of nitrogens with zero attached hydrogens (tertiary/aromatic N) is 6. The quantitative estimate of drug-likeness (QED) is 0.0807. The largest absolute Gasteiger partial charge is 0.468 e. The third-order valence-corrected chi connectivity index (χ3v) is 11.4. The zero-order valence-electron chi connectivity index (χ0n) is 39.9. The van der Waals surface area contributed by atoms with Gasteiger partial charge in [0.05, 0.1) is 28.0 Å². The van der Waals surface area contributed by atoms with E-state index in [-0.39, 0.29) is 90.4 Å². The van der Waals surface area contributed by atoms with Crippen molar-refractivity contribution in [1.29, 1.82) is 2.25 Å². The summed E-state index contributed by atoms with van der Waals surface area (Å²) in [7, 11) is 1.33. The van der Waals surface area contributed by atoms with E-state index < -0.39 is 11.9 Å². The van der Waals surface area contributed by atoms with Gasteiger partial charge in [0, 0.05) is 162 Å². The van der Waals surface area contributed by atoms with Gasteiger partial charge in [-0.15, -0.1) is 11.1 Å². The van der Waals surface area contributed by atoms with E-state index in [1.165, 1.54) is 40.6 Å². The van der Waals surface area contributed by atoms with Crippen LogP contribution in [0.3, 0.4) is 0 Å². The maximum atomic E-state index is 13.5. The van der Waals surface area contributed by atoms with Crippen molar-refractivity contribution in [2.75, 3.05) is 59.5 Å². The number of hydrogen-bond acceptors (Lipinski definition) is 12. The molecule has 0 aromatic heterocycles. The molecule has 2 N–H and O–H groups in total. The van der Waals surface area contributed by atoms with Crippen LogP contribution >= 0.6 is 26.3 Å². The number of ether oxygens (including phenoxy) is 1. The molecular formula is C49H59FN8O4S2Y2-2. The van der Waals surface area contributed by atoms with Crippen molar-refractivity contribution in [3.63, 3.8) is 0 Å². The van der Waals surface area contributed by atoms with E-state index in [4.69, 9.17) is 2.25 Å². The predicted molar refractivity (Wildman–Crippen MR) is 257 cm³/mol. The fourth-order valence-corrected chi connectivity index (χ4v) is 7.99. The maximum absolute atomic E-state index is 13.5. The van der Waals surface area contributed by atoms with Crippen LogP contribution in [0.15, 0.2) is 118 Å². The van der Waals surface area contributed by atoms with E-state index in [1.54, 1.807) is 0 Å². The molecular weight excluding hydrogens is 1030 g/mol. The molecule has 4 aromatic rings. The van der Waals surface area contributed by atoms with Crippen molar-refractivity contribution in [3.05, 3.63) is 154 Å². The Bertz CT molecular complexity index is 2260. The topological polar surface area (TPSA) is 122 Å². The van der Waals surface area contributed by atoms with Gasteiger partial charge in [-0.25, -0.2) is 0 Å². The molecule has 17 heteroatoms. The minimum atomic E-state index is -0.621. The van der Waals surface area contributed by atoms with E-state index >= 15 is 0 Å². The number of Topliss-reactive ketones (excluding diaryl/α,β-unsaturated/α-hetero) is 1. The summed E-state index contributed by atoms with van der Waals surface area (Å²) in [6.45, 7) is 13.5. The van der Waals surface area contributed by atoms with Crippen molar-refractivity contribution in [2.45, 2.75) is 52.9 Å². The minimum Gasteiger partial charge on any atom is -0.468 e. The summed E-state index contributed by atoms with van der Waals surface area (Å²) in [5.41, 5.74) is 9.46. The van der Waals surface area contributed by atoms with E-state index in [0.29, 0.717) is 32.6 Å². The normalized spacial score (nSPS) is 17.7. The summed E-state index contributed by atoms with van der Waals surface area (Å²) in [6.07, 6.45) is 1.33. The van der Waals surface area contributed by atoms with E-state index in [9.17, 15) is 18.3 Å². The number of benzene rings is 4. The number of rotatable bonds is 9. The van der Waals surface area contributed by atoms with Crippen LogP contribution in [0.25, 0.3) is 0 Å². The molecule has 2 radical (unpaired) electrons. The Kier molecular flexibility index (Phi) is 24.1. The number of hydrogen-bond donors (Lipinski definition) is 3. The third-order valence-electron chi connectivity index (χ3n) is 11.4. The van der Waals surface area contributed by atoms with Gasteiger partial charge in [-0.05, 0) is 25.0 Å². The van der Waals surface area contributed by atoms with Gasteiger partial charge in [0.2, 0.25) is 5.96 Å². The molecule has 5 aliphatic rings. The first kappa shape index (κ1) is 53.7. The van der Waals surface area contributed by atoms with Gasteiger partial charge in [0.1, 0.15) is 11.7 Å². The molecule has 0 aliphatic carbocycles. The number of fused-ring (bicyclic) bond motifs is 2. The van der Waals surface area contributed by atoms with Crippen LogP contribution in [0.5, 0.6) is 0 Å². The first-order valence-corrected chi connectivity index (χ1v) is 21.7. The Morgan fingerprint density at radius 1 is 0.818 bits per heavy atom. The molecule has 1 saturated heterocycles. The van der Waals surface area contributed by atoms with E-state index in [2.05, 4.69) is 115 Å². The molecule has 9 rings (SSSR count). The fourth-order valence-electron chi connectivity index (χ4n) is 7.99. The summed E-state index contributed by atoms with van der Waals surface area (Å²) in [5, 5.41) is 6.38. The smallest absolute Gasteiger partial charge is 0.317 e. The van der Waals surface area contributed by atoms with E-state index in [1.807, 2.05) is 66.4 Å². The first-order valence-electron chi connectivity index (χ1n) is 22.2. The average molecular weight is 1090 g/mol. The monoisotopic (exact) mass is 1090 g/mol. The second kappa shape index (κ2) is 29.6. The number of thiol groups is 1. The molecule has 1 amide bonds. The SMILES string of the molecule is COC(=O)C1CN(Cc2ccc(C)cc2)CCC1=O.Cc1ccc(CN2CCC3=C(C2)C(=O)N(Cc2cc[c-]cc2)C2=NCCN23)cc1.FS.[2H]S[2H].[Y].[Y].[c-]1ccc(CNC2=NCCN2)cc1. The number of carbonyl (C=O) groups is 3. The number of aliphatic imine (C=N–C) groups is 2. The number of methoxy groups -OCH3 is 1. The summed E-state index contributed by atoms with van der Waals surface area (Å²) in [6, 6.07) is 38.8. The van der Waals surface area contributed by atoms with Gasteiger partial charge < -0.3 is 20.3 Å². The first-order chi connectivity index (χ1) is 32.1. The molecule has 66 heavy (non-hydrogen) atoms. The number of halogens is 1. The molecule has 1 fully saturated rings. The van der Waals surface area contributed by atoms with Gasteiger partial charge in [-0.2, -0.15) is 77.9 Å². The third kappa shape index (κ3) is 16.5. The van der Waals surface area contributed by atoms with E-state index in [0.717, 1.165) is 81.8 Å². The Morgan fingerprint density at radius 3 is 1.95 bits per heavy atom. The number of aryl methyl sites for hydroxylation is 2. The second-order valence-corrected chi connectivity index (χ2v) is 15.9. The number of nitrogens with one attached hydrogen (secondary N) is 2. The van der Waals surface area contributed by atoms with Gasteiger partial charge >= 0.3 is 5.97 Å². The van der Waals surface area contributed by atoms with Crippen LogP contribution in [-0.2, 0) is 111 Å². The molecule has 12 nitrogen and oxygen atoms in total. The van der Waals surface area contributed by atoms with Crippen LogP contribution < -0.4 is 10.6 Å². The van der Waals surface area contributed by atoms with Crippen LogP contribution in [-0.4, -0.2) is 111 Å². The Balaban J connectivity index is 0.000000272. The molecule has 0 bridgehead atoms. The van der Waals surface area contributed by atoms with Gasteiger partial charge in [0.25, 0.3) is 5.91 Å². The summed E-state index contributed by atoms with van der Waals surface area (Å²) >= 11 is 2.28. The molecule has 5 aliphatic heterocycles. The maximum Gasteiger partial charge on any atom is 0.317 e. The molecule has 1 atom stereocenters. The van der Waals surface area contributed by atoms with Gasteiger partial charge in [0.15, 0.2) is 5.96 Å². The molecule has 0 spiro atoms. The fraction of sp³-hybridized carbons (Fsp3) is 0.367.